The number of amides is 1. The van der Waals surface area contributed by atoms with Gasteiger partial charge in [-0.3, -0.25) is 4.79 Å². The summed E-state index contributed by atoms with van der Waals surface area (Å²) in [6, 6.07) is 23.6. The first-order chi connectivity index (χ1) is 15.2. The van der Waals surface area contributed by atoms with Crippen molar-refractivity contribution in [2.45, 2.75) is 12.8 Å². The fourth-order valence-electron chi connectivity index (χ4n) is 4.36. The molecule has 1 N–H and O–H groups in total. The van der Waals surface area contributed by atoms with Crippen LogP contribution in [0.3, 0.4) is 0 Å². The van der Waals surface area contributed by atoms with Gasteiger partial charge in [-0.2, -0.15) is 0 Å². The van der Waals surface area contributed by atoms with Crippen LogP contribution in [0.4, 0.5) is 5.69 Å². The highest BCUT2D eigenvalue weighted by Gasteiger charge is 2.19. The summed E-state index contributed by atoms with van der Waals surface area (Å²) < 4.78 is 6.89. The van der Waals surface area contributed by atoms with E-state index in [1.54, 1.807) is 0 Å². The van der Waals surface area contributed by atoms with E-state index in [-0.39, 0.29) is 5.91 Å². The Morgan fingerprint density at radius 2 is 1.74 bits per heavy atom. The third kappa shape index (κ3) is 3.13. The van der Waals surface area contributed by atoms with Crippen LogP contribution in [0.15, 0.2) is 81.7 Å². The number of halogens is 1. The lowest BCUT2D eigenvalue weighted by Crippen LogP contribution is -2.12. The summed E-state index contributed by atoms with van der Waals surface area (Å²) in [5.74, 6) is 0.435. The van der Waals surface area contributed by atoms with Gasteiger partial charge in [-0.15, -0.1) is 0 Å². The number of oxazole rings is 1. The maximum absolute atomic E-state index is 13.1. The minimum absolute atomic E-state index is 0.119. The Labute approximate surface area is 187 Å². The van der Waals surface area contributed by atoms with Crippen LogP contribution in [-0.2, 0) is 12.8 Å². The number of fused-ring (bicyclic) bond motifs is 1. The number of hydrogen-bond donors (Lipinski definition) is 1. The number of hydrogen-bond acceptors (Lipinski definition) is 3. The van der Waals surface area contributed by atoms with Gasteiger partial charge in [0.2, 0.25) is 5.89 Å². The Morgan fingerprint density at radius 3 is 2.58 bits per heavy atom. The molecule has 0 unspecified atom stereocenters. The smallest absolute Gasteiger partial charge is 0.256 e. The highest BCUT2D eigenvalue weighted by atomic mass is 79.9. The van der Waals surface area contributed by atoms with E-state index < -0.39 is 0 Å². The van der Waals surface area contributed by atoms with Gasteiger partial charge in [0, 0.05) is 21.3 Å². The number of aromatic nitrogens is 1. The molecule has 0 atom stereocenters. The molecule has 1 heterocycles. The molecule has 4 aromatic carbocycles. The van der Waals surface area contributed by atoms with E-state index in [2.05, 4.69) is 38.4 Å². The monoisotopic (exact) mass is 468 g/mol. The van der Waals surface area contributed by atoms with Crippen molar-refractivity contribution in [1.29, 1.82) is 0 Å². The van der Waals surface area contributed by atoms with Crippen molar-refractivity contribution < 1.29 is 9.21 Å². The van der Waals surface area contributed by atoms with Crippen LogP contribution in [0.5, 0.6) is 0 Å². The number of rotatable bonds is 3. The zero-order chi connectivity index (χ0) is 20.9. The number of aryl methyl sites for hydroxylation is 2. The predicted molar refractivity (Wildman–Crippen MR) is 126 cm³/mol. The summed E-state index contributed by atoms with van der Waals surface area (Å²) >= 11 is 3.44. The maximum Gasteiger partial charge on any atom is 0.256 e. The van der Waals surface area contributed by atoms with E-state index in [0.29, 0.717) is 28.2 Å². The topological polar surface area (TPSA) is 55.1 Å². The molecule has 150 valence electrons. The average Bonchev–Trinajstić information content (AvgIpc) is 3.40. The first kappa shape index (κ1) is 18.3. The van der Waals surface area contributed by atoms with Crippen molar-refractivity contribution in [2.75, 3.05) is 5.32 Å². The number of carbonyl (C=O) groups excluding carboxylic acids is 1. The molecule has 0 saturated carbocycles. The standard InChI is InChI=1S/C26H17BrN2O2/c27-18-9-6-17(7-10-18)26-29-22-14-19(11-13-23(22)31-26)28-25(30)21-12-8-16-5-4-15-2-1-3-20(21)24(15)16/h1-3,6-14H,4-5H2,(H,28,30). The Kier molecular flexibility index (Phi) is 4.18. The molecule has 4 nitrogen and oxygen atoms in total. The molecule has 0 bridgehead atoms. The van der Waals surface area contributed by atoms with Crippen LogP contribution in [0.2, 0.25) is 0 Å². The highest BCUT2D eigenvalue weighted by molar-refractivity contribution is 9.10. The van der Waals surface area contributed by atoms with Gasteiger partial charge >= 0.3 is 0 Å². The first-order valence-corrected chi connectivity index (χ1v) is 11.0. The third-order valence-electron chi connectivity index (χ3n) is 5.86. The summed E-state index contributed by atoms with van der Waals surface area (Å²) in [5.41, 5.74) is 6.32. The van der Waals surface area contributed by atoms with Crippen LogP contribution >= 0.6 is 15.9 Å². The largest absolute Gasteiger partial charge is 0.436 e. The molecule has 1 amide bonds. The van der Waals surface area contributed by atoms with Gasteiger partial charge in [0.1, 0.15) is 5.52 Å². The number of nitrogens with one attached hydrogen (secondary N) is 1. The molecule has 0 saturated heterocycles. The lowest BCUT2D eigenvalue weighted by molar-refractivity contribution is 0.102. The second-order valence-electron chi connectivity index (χ2n) is 7.77. The van der Waals surface area contributed by atoms with Gasteiger partial charge in [0.15, 0.2) is 5.58 Å². The molecule has 1 aliphatic carbocycles. The third-order valence-corrected chi connectivity index (χ3v) is 6.39. The van der Waals surface area contributed by atoms with E-state index >= 15 is 0 Å². The summed E-state index contributed by atoms with van der Waals surface area (Å²) in [6.45, 7) is 0. The van der Waals surface area contributed by atoms with Crippen LogP contribution in [0.25, 0.3) is 33.3 Å². The first-order valence-electron chi connectivity index (χ1n) is 10.2. The van der Waals surface area contributed by atoms with E-state index in [9.17, 15) is 4.79 Å². The molecule has 31 heavy (non-hydrogen) atoms. The Morgan fingerprint density at radius 1 is 0.935 bits per heavy atom. The number of nitrogens with zero attached hydrogens (tertiary/aromatic N) is 1. The molecule has 5 aromatic rings. The van der Waals surface area contributed by atoms with Gasteiger partial charge in [-0.05, 0) is 83.3 Å². The minimum Gasteiger partial charge on any atom is -0.436 e. The van der Waals surface area contributed by atoms with Crippen LogP contribution in [-0.4, -0.2) is 10.9 Å². The number of benzene rings is 4. The van der Waals surface area contributed by atoms with Crippen LogP contribution in [0.1, 0.15) is 21.5 Å². The van der Waals surface area contributed by atoms with Gasteiger partial charge < -0.3 is 9.73 Å². The SMILES string of the molecule is O=C(Nc1ccc2oc(-c3ccc(Br)cc3)nc2c1)c1ccc2c3c(cccc13)CC2. The number of carbonyl (C=O) groups is 1. The lowest BCUT2D eigenvalue weighted by atomic mass is 9.99. The normalized spacial score (nSPS) is 12.5. The second kappa shape index (κ2) is 7.06. The Hall–Kier alpha value is -3.44. The molecular weight excluding hydrogens is 452 g/mol. The molecule has 5 heteroatoms. The molecule has 1 aromatic heterocycles. The molecule has 0 spiro atoms. The van der Waals surface area contributed by atoms with Gasteiger partial charge in [0.05, 0.1) is 0 Å². The summed E-state index contributed by atoms with van der Waals surface area (Å²) in [5, 5.41) is 5.29. The van der Waals surface area contributed by atoms with E-state index in [1.807, 2.05) is 60.7 Å². The Bertz CT molecular complexity index is 1480. The average molecular weight is 469 g/mol. The maximum atomic E-state index is 13.1. The molecular formula is C26H17BrN2O2. The minimum atomic E-state index is -0.119. The van der Waals surface area contributed by atoms with E-state index in [4.69, 9.17) is 4.42 Å². The molecule has 0 radical (unpaired) electrons. The van der Waals surface area contributed by atoms with Crippen molar-refractivity contribution in [3.05, 3.63) is 94.0 Å². The highest BCUT2D eigenvalue weighted by Crippen LogP contribution is 2.33. The lowest BCUT2D eigenvalue weighted by Gasteiger charge is -2.10. The summed E-state index contributed by atoms with van der Waals surface area (Å²) in [6.07, 6.45) is 2.09. The molecule has 6 rings (SSSR count). The summed E-state index contributed by atoms with van der Waals surface area (Å²) in [4.78, 5) is 17.7. The molecule has 1 aliphatic rings. The van der Waals surface area contributed by atoms with Gasteiger partial charge in [-0.25, -0.2) is 4.98 Å². The van der Waals surface area contributed by atoms with Crippen molar-refractivity contribution >= 4 is 49.4 Å². The van der Waals surface area contributed by atoms with Crippen LogP contribution in [0, 0.1) is 0 Å². The van der Waals surface area contributed by atoms with Crippen molar-refractivity contribution in [3.8, 4) is 11.5 Å². The fourth-order valence-corrected chi connectivity index (χ4v) is 4.63. The van der Waals surface area contributed by atoms with Crippen LogP contribution < -0.4 is 5.32 Å². The van der Waals surface area contributed by atoms with E-state index in [0.717, 1.165) is 28.3 Å². The van der Waals surface area contributed by atoms with Crippen molar-refractivity contribution in [1.82, 2.24) is 4.98 Å². The zero-order valence-corrected chi connectivity index (χ0v) is 18.1. The predicted octanol–water partition coefficient (Wildman–Crippen LogP) is 6.76. The van der Waals surface area contributed by atoms with Gasteiger partial charge in [-0.1, -0.05) is 40.2 Å². The van der Waals surface area contributed by atoms with E-state index in [1.165, 1.54) is 16.5 Å². The quantitative estimate of drug-likeness (QED) is 0.318. The molecule has 0 fully saturated rings. The van der Waals surface area contributed by atoms with Crippen molar-refractivity contribution in [3.63, 3.8) is 0 Å². The second-order valence-corrected chi connectivity index (χ2v) is 8.69. The summed E-state index contributed by atoms with van der Waals surface area (Å²) in [7, 11) is 0. The van der Waals surface area contributed by atoms with Gasteiger partial charge in [0.25, 0.3) is 5.91 Å². The fraction of sp³-hybridized carbons (Fsp3) is 0.0769. The molecule has 0 aliphatic heterocycles. The number of anilines is 1. The van der Waals surface area contributed by atoms with Crippen molar-refractivity contribution in [2.24, 2.45) is 0 Å². The zero-order valence-electron chi connectivity index (χ0n) is 16.5. The Balaban J connectivity index is 1.33.